The molecule has 0 amide bonds. The highest BCUT2D eigenvalue weighted by Crippen LogP contribution is 2.22. The molecule has 1 saturated heterocycles. The molecule has 0 aromatic rings. The summed E-state index contributed by atoms with van der Waals surface area (Å²) in [5.74, 6) is -0.315. The van der Waals surface area contributed by atoms with Crippen LogP contribution in [0.5, 0.6) is 0 Å². The van der Waals surface area contributed by atoms with Crippen molar-refractivity contribution < 1.29 is 44.2 Å². The van der Waals surface area contributed by atoms with Crippen LogP contribution in [0.25, 0.3) is 0 Å². The minimum absolute atomic E-state index is 0.111. The summed E-state index contributed by atoms with van der Waals surface area (Å²) in [6.07, 6.45) is 26.6. The molecule has 0 bridgehead atoms. The molecule has 0 radical (unpaired) electrons. The van der Waals surface area contributed by atoms with Crippen LogP contribution >= 0.6 is 0 Å². The van der Waals surface area contributed by atoms with E-state index >= 15 is 0 Å². The van der Waals surface area contributed by atoms with Crippen LogP contribution in [0.2, 0.25) is 0 Å². The van der Waals surface area contributed by atoms with Gasteiger partial charge < -0.3 is 39.4 Å². The number of carbonyl (C=O) groups is 1. The summed E-state index contributed by atoms with van der Waals surface area (Å²) < 4.78 is 22.7. The topological polar surface area (TPSA) is 135 Å². The quantitative estimate of drug-likeness (QED) is 0.0299. The molecule has 9 heteroatoms. The molecule has 4 N–H and O–H groups in total. The number of aliphatic hydroxyl groups excluding tert-OH is 4. The predicted molar refractivity (Wildman–Crippen MR) is 196 cm³/mol. The molecule has 0 aromatic carbocycles. The van der Waals surface area contributed by atoms with E-state index in [0.717, 1.165) is 32.1 Å². The van der Waals surface area contributed by atoms with Crippen molar-refractivity contribution in [1.29, 1.82) is 0 Å². The molecule has 49 heavy (non-hydrogen) atoms. The van der Waals surface area contributed by atoms with Gasteiger partial charge in [0.2, 0.25) is 0 Å². The molecule has 1 fully saturated rings. The van der Waals surface area contributed by atoms with E-state index in [0.29, 0.717) is 13.0 Å². The molecule has 1 heterocycles. The number of rotatable bonds is 34. The first-order valence-electron chi connectivity index (χ1n) is 20.3. The summed E-state index contributed by atoms with van der Waals surface area (Å²) >= 11 is 0. The molecule has 9 nitrogen and oxygen atoms in total. The molecule has 0 aliphatic carbocycles. The Morgan fingerprint density at radius 3 is 1.67 bits per heavy atom. The lowest BCUT2D eigenvalue weighted by Crippen LogP contribution is -2.59. The number of hydrogen-bond acceptors (Lipinski definition) is 9. The second-order valence-corrected chi connectivity index (χ2v) is 14.1. The summed E-state index contributed by atoms with van der Waals surface area (Å²) in [6.45, 7) is 4.53. The van der Waals surface area contributed by atoms with Crippen molar-refractivity contribution in [3.05, 3.63) is 12.2 Å². The second kappa shape index (κ2) is 32.8. The zero-order valence-electron chi connectivity index (χ0n) is 31.5. The number of aliphatic hydroxyl groups is 4. The van der Waals surface area contributed by atoms with Gasteiger partial charge in [-0.25, -0.2) is 0 Å². The number of hydrogen-bond donors (Lipinski definition) is 4. The Kier molecular flexibility index (Phi) is 30.8. The van der Waals surface area contributed by atoms with Crippen LogP contribution in [0.15, 0.2) is 12.2 Å². The SMILES string of the molecule is CCCCCC/C=C\CCCCCCCCOCC(COC1OC(CO)C(O)C(O)C1O)OC(=O)CCCCCCCCCCCCCC. The third-order valence-electron chi connectivity index (χ3n) is 9.43. The Balaban J connectivity index is 2.31. The van der Waals surface area contributed by atoms with Crippen molar-refractivity contribution >= 4 is 5.97 Å². The van der Waals surface area contributed by atoms with Crippen LogP contribution in [-0.2, 0) is 23.7 Å². The zero-order chi connectivity index (χ0) is 35.8. The Morgan fingerprint density at radius 1 is 0.633 bits per heavy atom. The zero-order valence-corrected chi connectivity index (χ0v) is 31.5. The monoisotopic (exact) mass is 701 g/mol. The smallest absolute Gasteiger partial charge is 0.306 e. The first-order valence-corrected chi connectivity index (χ1v) is 20.3. The number of unbranched alkanes of at least 4 members (excludes halogenated alkanes) is 21. The van der Waals surface area contributed by atoms with E-state index < -0.39 is 43.4 Å². The molecule has 0 saturated carbocycles. The van der Waals surface area contributed by atoms with Gasteiger partial charge in [0.15, 0.2) is 6.29 Å². The summed E-state index contributed by atoms with van der Waals surface area (Å²) in [5.41, 5.74) is 0. The Morgan fingerprint density at radius 2 is 1.12 bits per heavy atom. The van der Waals surface area contributed by atoms with Crippen LogP contribution < -0.4 is 0 Å². The highest BCUT2D eigenvalue weighted by molar-refractivity contribution is 5.69. The van der Waals surface area contributed by atoms with E-state index in [-0.39, 0.29) is 19.2 Å². The average molecular weight is 701 g/mol. The first kappa shape index (κ1) is 46.0. The minimum atomic E-state index is -1.53. The van der Waals surface area contributed by atoms with Crippen molar-refractivity contribution in [1.82, 2.24) is 0 Å². The molecule has 6 unspecified atom stereocenters. The van der Waals surface area contributed by atoms with Gasteiger partial charge in [-0.2, -0.15) is 0 Å². The number of esters is 1. The van der Waals surface area contributed by atoms with Crippen LogP contribution in [0.4, 0.5) is 0 Å². The molecule has 0 aromatic heterocycles. The lowest BCUT2D eigenvalue weighted by Gasteiger charge is -2.39. The standard InChI is InChI=1S/C40H76O9/c1-3-5-7-9-11-13-15-17-18-20-22-24-26-28-30-46-32-34(33-47-40-39(45)38(44)37(43)35(31-41)49-40)48-36(42)29-27-25-23-21-19-16-14-12-10-8-6-4-2/h13,15,34-35,37-41,43-45H,3-12,14,16-33H2,1-2H3/b15-13-. The fourth-order valence-corrected chi connectivity index (χ4v) is 6.19. The van der Waals surface area contributed by atoms with Crippen LogP contribution in [0.1, 0.15) is 174 Å². The van der Waals surface area contributed by atoms with Crippen LogP contribution in [0, 0.1) is 0 Å². The number of carbonyl (C=O) groups excluding carboxylic acids is 1. The van der Waals surface area contributed by atoms with Crippen molar-refractivity contribution in [2.75, 3.05) is 26.4 Å². The molecule has 6 atom stereocenters. The number of allylic oxidation sites excluding steroid dienone is 2. The minimum Gasteiger partial charge on any atom is -0.457 e. The summed E-state index contributed by atoms with van der Waals surface area (Å²) in [6, 6.07) is 0. The van der Waals surface area contributed by atoms with Gasteiger partial charge in [0.25, 0.3) is 0 Å². The molecule has 1 aliphatic heterocycles. The Hall–Kier alpha value is -1.07. The normalized spacial score (nSPS) is 21.8. The van der Waals surface area contributed by atoms with Crippen molar-refractivity contribution in [3.63, 3.8) is 0 Å². The van der Waals surface area contributed by atoms with Gasteiger partial charge in [-0.05, 0) is 38.5 Å². The van der Waals surface area contributed by atoms with E-state index in [4.69, 9.17) is 18.9 Å². The fourth-order valence-electron chi connectivity index (χ4n) is 6.19. The van der Waals surface area contributed by atoms with E-state index in [1.807, 2.05) is 0 Å². The molecule has 290 valence electrons. The summed E-state index contributed by atoms with van der Waals surface area (Å²) in [7, 11) is 0. The Labute approximate surface area is 299 Å². The van der Waals surface area contributed by atoms with Crippen molar-refractivity contribution in [2.45, 2.75) is 211 Å². The lowest BCUT2D eigenvalue weighted by molar-refractivity contribution is -0.305. The maximum Gasteiger partial charge on any atom is 0.306 e. The van der Waals surface area contributed by atoms with Gasteiger partial charge in [-0.3, -0.25) is 4.79 Å². The third-order valence-corrected chi connectivity index (χ3v) is 9.43. The third kappa shape index (κ3) is 24.7. The second-order valence-electron chi connectivity index (χ2n) is 14.1. The van der Waals surface area contributed by atoms with Crippen molar-refractivity contribution in [3.8, 4) is 0 Å². The maximum atomic E-state index is 12.7. The van der Waals surface area contributed by atoms with E-state index in [1.54, 1.807) is 0 Å². The van der Waals surface area contributed by atoms with Gasteiger partial charge in [-0.15, -0.1) is 0 Å². The van der Waals surface area contributed by atoms with Gasteiger partial charge in [0, 0.05) is 13.0 Å². The van der Waals surface area contributed by atoms with Gasteiger partial charge in [0.1, 0.15) is 30.5 Å². The van der Waals surface area contributed by atoms with Crippen LogP contribution in [0.3, 0.4) is 0 Å². The largest absolute Gasteiger partial charge is 0.457 e. The highest BCUT2D eigenvalue weighted by atomic mass is 16.7. The number of ether oxygens (including phenoxy) is 4. The summed E-state index contributed by atoms with van der Waals surface area (Å²) in [5, 5.41) is 40.0. The predicted octanol–water partition coefficient (Wildman–Crippen LogP) is 8.08. The summed E-state index contributed by atoms with van der Waals surface area (Å²) in [4.78, 5) is 12.7. The van der Waals surface area contributed by atoms with E-state index in [2.05, 4.69) is 26.0 Å². The van der Waals surface area contributed by atoms with E-state index in [1.165, 1.54) is 122 Å². The molecule has 0 spiro atoms. The molecule has 1 aliphatic rings. The van der Waals surface area contributed by atoms with Crippen LogP contribution in [-0.4, -0.2) is 89.6 Å². The Bertz CT molecular complexity index is 762. The average Bonchev–Trinajstić information content (AvgIpc) is 3.10. The molecule has 1 rings (SSSR count). The van der Waals surface area contributed by atoms with Gasteiger partial charge in [0.05, 0.1) is 19.8 Å². The van der Waals surface area contributed by atoms with Gasteiger partial charge >= 0.3 is 5.97 Å². The maximum absolute atomic E-state index is 12.7. The fraction of sp³-hybridized carbons (Fsp3) is 0.925. The molecular weight excluding hydrogens is 624 g/mol. The molecular formula is C40H76O9. The van der Waals surface area contributed by atoms with E-state index in [9.17, 15) is 25.2 Å². The highest BCUT2D eigenvalue weighted by Gasteiger charge is 2.44. The van der Waals surface area contributed by atoms with Crippen molar-refractivity contribution in [2.24, 2.45) is 0 Å². The first-order chi connectivity index (χ1) is 23.9. The van der Waals surface area contributed by atoms with Gasteiger partial charge in [-0.1, -0.05) is 142 Å². The lowest BCUT2D eigenvalue weighted by atomic mass is 9.99.